The fourth-order valence-electron chi connectivity index (χ4n) is 2.63. The maximum absolute atomic E-state index is 12.3. The molecule has 0 radical (unpaired) electrons. The number of aromatic amines is 1. The largest absolute Gasteiger partial charge is 0.492 e. The van der Waals surface area contributed by atoms with Gasteiger partial charge in [0.05, 0.1) is 17.4 Å². The van der Waals surface area contributed by atoms with Gasteiger partial charge in [-0.25, -0.2) is 4.98 Å². The van der Waals surface area contributed by atoms with Crippen molar-refractivity contribution in [2.45, 2.75) is 12.8 Å². The molecular weight excluding hydrogens is 366 g/mol. The standard InChI is InChI=1S/C20H20ClN3O3/c1-24(12-13-27-15-8-6-14(21)7-9-15)19(25)11-10-18-22-17-5-3-2-4-16(17)20(26)23-18/h2-9H,10-13H2,1H3,(H,22,23,26). The Morgan fingerprint density at radius 1 is 1.19 bits per heavy atom. The zero-order chi connectivity index (χ0) is 19.2. The number of rotatable bonds is 7. The van der Waals surface area contributed by atoms with Crippen LogP contribution in [-0.4, -0.2) is 41.0 Å². The number of amides is 1. The number of carbonyl (C=O) groups excluding carboxylic acids is 1. The third-order valence-corrected chi connectivity index (χ3v) is 4.42. The molecule has 3 aromatic rings. The van der Waals surface area contributed by atoms with E-state index in [1.807, 2.05) is 6.07 Å². The Labute approximate surface area is 161 Å². The SMILES string of the molecule is CN(CCOc1ccc(Cl)cc1)C(=O)CCc1nc2ccccc2c(=O)[nH]1. The van der Waals surface area contributed by atoms with E-state index in [0.29, 0.717) is 47.1 Å². The number of hydrogen-bond donors (Lipinski definition) is 1. The van der Waals surface area contributed by atoms with Gasteiger partial charge in [-0.05, 0) is 36.4 Å². The van der Waals surface area contributed by atoms with Crippen LogP contribution >= 0.6 is 11.6 Å². The molecule has 1 N–H and O–H groups in total. The van der Waals surface area contributed by atoms with Crippen LogP contribution in [0.2, 0.25) is 5.02 Å². The third kappa shape index (κ3) is 5.08. The molecule has 0 spiro atoms. The van der Waals surface area contributed by atoms with Gasteiger partial charge in [0, 0.05) is 24.9 Å². The van der Waals surface area contributed by atoms with Gasteiger partial charge in [0.15, 0.2) is 0 Å². The molecule has 0 saturated heterocycles. The lowest BCUT2D eigenvalue weighted by molar-refractivity contribution is -0.130. The number of nitrogens with zero attached hydrogens (tertiary/aromatic N) is 2. The third-order valence-electron chi connectivity index (χ3n) is 4.17. The molecule has 27 heavy (non-hydrogen) atoms. The van der Waals surface area contributed by atoms with Crippen molar-refractivity contribution in [2.24, 2.45) is 0 Å². The van der Waals surface area contributed by atoms with Gasteiger partial charge >= 0.3 is 0 Å². The predicted octanol–water partition coefficient (Wildman–Crippen LogP) is 3.05. The van der Waals surface area contributed by atoms with Crippen LogP contribution in [0, 0.1) is 0 Å². The second-order valence-electron chi connectivity index (χ2n) is 6.15. The van der Waals surface area contributed by atoms with Gasteiger partial charge in [-0.3, -0.25) is 9.59 Å². The Hall–Kier alpha value is -2.86. The fourth-order valence-corrected chi connectivity index (χ4v) is 2.75. The van der Waals surface area contributed by atoms with Crippen molar-refractivity contribution in [3.05, 3.63) is 69.7 Å². The summed E-state index contributed by atoms with van der Waals surface area (Å²) in [6, 6.07) is 14.2. The second kappa shape index (κ2) is 8.68. The molecule has 1 aromatic heterocycles. The van der Waals surface area contributed by atoms with E-state index in [1.165, 1.54) is 0 Å². The maximum Gasteiger partial charge on any atom is 0.258 e. The monoisotopic (exact) mass is 385 g/mol. The Kier molecular flexibility index (Phi) is 6.08. The van der Waals surface area contributed by atoms with Gasteiger partial charge in [-0.15, -0.1) is 0 Å². The van der Waals surface area contributed by atoms with Gasteiger partial charge in [0.1, 0.15) is 18.2 Å². The quantitative estimate of drug-likeness (QED) is 0.678. The summed E-state index contributed by atoms with van der Waals surface area (Å²) < 4.78 is 5.60. The summed E-state index contributed by atoms with van der Waals surface area (Å²) in [5, 5.41) is 1.19. The molecule has 1 heterocycles. The number of benzene rings is 2. The minimum atomic E-state index is -0.187. The molecule has 0 saturated carbocycles. The molecule has 2 aromatic carbocycles. The minimum Gasteiger partial charge on any atom is -0.492 e. The van der Waals surface area contributed by atoms with E-state index in [0.717, 1.165) is 0 Å². The van der Waals surface area contributed by atoms with Crippen LogP contribution in [0.25, 0.3) is 10.9 Å². The first-order valence-electron chi connectivity index (χ1n) is 8.63. The predicted molar refractivity (Wildman–Crippen MR) is 105 cm³/mol. The van der Waals surface area contributed by atoms with Crippen LogP contribution in [-0.2, 0) is 11.2 Å². The molecule has 1 amide bonds. The molecule has 0 aliphatic rings. The maximum atomic E-state index is 12.3. The summed E-state index contributed by atoms with van der Waals surface area (Å²) in [4.78, 5) is 33.1. The molecule has 0 atom stereocenters. The van der Waals surface area contributed by atoms with E-state index in [1.54, 1.807) is 54.4 Å². The summed E-state index contributed by atoms with van der Waals surface area (Å²) in [7, 11) is 1.73. The fraction of sp³-hybridized carbons (Fsp3) is 0.250. The van der Waals surface area contributed by atoms with Crippen LogP contribution in [0.1, 0.15) is 12.2 Å². The molecule has 0 aliphatic heterocycles. The van der Waals surface area contributed by atoms with Crippen LogP contribution in [0.4, 0.5) is 0 Å². The summed E-state index contributed by atoms with van der Waals surface area (Å²) in [6.45, 7) is 0.845. The number of likely N-dealkylation sites (N-methyl/N-ethyl adjacent to an activating group) is 1. The number of carbonyl (C=O) groups is 1. The summed E-state index contributed by atoms with van der Waals surface area (Å²) in [6.07, 6.45) is 0.639. The topological polar surface area (TPSA) is 75.3 Å². The molecule has 0 bridgehead atoms. The lowest BCUT2D eigenvalue weighted by Gasteiger charge is -2.17. The van der Waals surface area contributed by atoms with E-state index in [9.17, 15) is 9.59 Å². The Morgan fingerprint density at radius 2 is 1.93 bits per heavy atom. The van der Waals surface area contributed by atoms with Crippen molar-refractivity contribution in [1.82, 2.24) is 14.9 Å². The molecule has 7 heteroatoms. The average Bonchev–Trinajstić information content (AvgIpc) is 2.67. The normalized spacial score (nSPS) is 10.7. The lowest BCUT2D eigenvalue weighted by atomic mass is 10.2. The molecule has 0 unspecified atom stereocenters. The van der Waals surface area contributed by atoms with Crippen LogP contribution in [0.5, 0.6) is 5.75 Å². The van der Waals surface area contributed by atoms with Crippen molar-refractivity contribution in [3.63, 3.8) is 0 Å². The molecule has 140 valence electrons. The minimum absolute atomic E-state index is 0.0366. The van der Waals surface area contributed by atoms with Gasteiger partial charge in [-0.1, -0.05) is 23.7 Å². The average molecular weight is 386 g/mol. The van der Waals surface area contributed by atoms with E-state index in [-0.39, 0.29) is 17.9 Å². The van der Waals surface area contributed by atoms with Crippen molar-refractivity contribution in [3.8, 4) is 5.75 Å². The van der Waals surface area contributed by atoms with Crippen LogP contribution in [0.3, 0.4) is 0 Å². The highest BCUT2D eigenvalue weighted by atomic mass is 35.5. The molecular formula is C20H20ClN3O3. The molecule has 0 fully saturated rings. The van der Waals surface area contributed by atoms with Crippen LogP contribution in [0.15, 0.2) is 53.3 Å². The lowest BCUT2D eigenvalue weighted by Crippen LogP contribution is -2.31. The van der Waals surface area contributed by atoms with Crippen molar-refractivity contribution in [2.75, 3.05) is 20.2 Å². The number of para-hydroxylation sites is 1. The van der Waals surface area contributed by atoms with E-state index in [4.69, 9.17) is 16.3 Å². The molecule has 0 aliphatic carbocycles. The zero-order valence-corrected chi connectivity index (χ0v) is 15.7. The van der Waals surface area contributed by atoms with Gasteiger partial charge in [0.2, 0.25) is 5.91 Å². The number of ether oxygens (including phenoxy) is 1. The highest BCUT2D eigenvalue weighted by Gasteiger charge is 2.11. The highest BCUT2D eigenvalue weighted by molar-refractivity contribution is 6.30. The van der Waals surface area contributed by atoms with Crippen LogP contribution < -0.4 is 10.3 Å². The van der Waals surface area contributed by atoms with E-state index < -0.39 is 0 Å². The van der Waals surface area contributed by atoms with Gasteiger partial charge in [-0.2, -0.15) is 0 Å². The summed E-state index contributed by atoms with van der Waals surface area (Å²) in [5.41, 5.74) is 0.446. The Morgan fingerprint density at radius 3 is 2.70 bits per heavy atom. The molecule has 3 rings (SSSR count). The number of hydrogen-bond acceptors (Lipinski definition) is 4. The Bertz CT molecular complexity index is 986. The number of aryl methyl sites for hydroxylation is 1. The Balaban J connectivity index is 1.49. The first-order chi connectivity index (χ1) is 13.0. The van der Waals surface area contributed by atoms with Crippen molar-refractivity contribution < 1.29 is 9.53 Å². The first-order valence-corrected chi connectivity index (χ1v) is 9.01. The van der Waals surface area contributed by atoms with Gasteiger partial charge < -0.3 is 14.6 Å². The summed E-state index contributed by atoms with van der Waals surface area (Å²) in [5.74, 6) is 1.18. The number of fused-ring (bicyclic) bond motifs is 1. The highest BCUT2D eigenvalue weighted by Crippen LogP contribution is 2.15. The number of nitrogens with one attached hydrogen (secondary N) is 1. The first kappa shape index (κ1) is 18.9. The second-order valence-corrected chi connectivity index (χ2v) is 6.58. The smallest absolute Gasteiger partial charge is 0.258 e. The van der Waals surface area contributed by atoms with Gasteiger partial charge in [0.25, 0.3) is 5.56 Å². The van der Waals surface area contributed by atoms with Crippen molar-refractivity contribution in [1.29, 1.82) is 0 Å². The zero-order valence-electron chi connectivity index (χ0n) is 14.9. The number of aromatic nitrogens is 2. The van der Waals surface area contributed by atoms with E-state index in [2.05, 4.69) is 9.97 Å². The molecule has 6 nitrogen and oxygen atoms in total. The number of halogens is 1. The number of H-pyrrole nitrogens is 1. The van der Waals surface area contributed by atoms with Crippen molar-refractivity contribution >= 4 is 28.4 Å². The summed E-state index contributed by atoms with van der Waals surface area (Å²) >= 11 is 5.83. The van der Waals surface area contributed by atoms with E-state index >= 15 is 0 Å².